The molecule has 0 aromatic heterocycles. The van der Waals surface area contributed by atoms with Crippen molar-refractivity contribution in [1.29, 1.82) is 0 Å². The maximum atomic E-state index is 12.7. The number of nitrogens with zero attached hydrogens (tertiary/aromatic N) is 1. The molecule has 0 aromatic rings. The second-order valence-electron chi connectivity index (χ2n) is 14.8. The van der Waals surface area contributed by atoms with Crippen LogP contribution in [0.4, 0.5) is 0 Å². The Morgan fingerprint density at radius 1 is 0.610 bits per heavy atom. The number of quaternary nitrogens is 1. The van der Waals surface area contributed by atoms with Crippen LogP contribution in [-0.4, -0.2) is 86.1 Å². The van der Waals surface area contributed by atoms with Gasteiger partial charge in [0, 0.05) is 12.8 Å². The molecule has 11 heteroatoms. The van der Waals surface area contributed by atoms with Crippen LogP contribution >= 0.6 is 7.82 Å². The smallest absolute Gasteiger partial charge is 0.462 e. The van der Waals surface area contributed by atoms with Crippen molar-refractivity contribution < 1.29 is 47.2 Å². The van der Waals surface area contributed by atoms with Crippen LogP contribution in [0.2, 0.25) is 0 Å². The van der Waals surface area contributed by atoms with E-state index in [1.165, 1.54) is 0 Å². The lowest BCUT2D eigenvalue weighted by molar-refractivity contribution is -0.870. The number of esters is 2. The number of unbranched alkanes of at least 4 members (excludes halogenated alkanes) is 2. The molecule has 0 aliphatic heterocycles. The fourth-order valence-electron chi connectivity index (χ4n) is 4.76. The molecule has 2 unspecified atom stereocenters. The Labute approximate surface area is 357 Å². The number of aliphatic hydroxyl groups excluding tert-OH is 1. The summed E-state index contributed by atoms with van der Waals surface area (Å²) >= 11 is 0. The van der Waals surface area contributed by atoms with Crippen LogP contribution in [0.15, 0.2) is 122 Å². The van der Waals surface area contributed by atoms with Gasteiger partial charge in [0.05, 0.1) is 33.9 Å². The quantitative estimate of drug-likeness (QED) is 0.0158. The molecule has 332 valence electrons. The first kappa shape index (κ1) is 55.4. The molecule has 0 heterocycles. The lowest BCUT2D eigenvalue weighted by atomic mass is 10.2. The van der Waals surface area contributed by atoms with Crippen molar-refractivity contribution in [2.75, 3.05) is 47.5 Å². The number of likely N-dealkylation sites (N-methyl/N-ethyl adjacent to an activating group) is 1. The van der Waals surface area contributed by atoms with Crippen LogP contribution in [0.1, 0.15) is 110 Å². The number of hydrogen-bond donors (Lipinski definition) is 2. The number of hydrogen-bond acceptors (Lipinski definition) is 8. The number of carbonyl (C=O) groups is 2. The number of allylic oxidation sites excluding steroid dienone is 19. The van der Waals surface area contributed by atoms with Gasteiger partial charge in [-0.05, 0) is 83.5 Å². The summed E-state index contributed by atoms with van der Waals surface area (Å²) in [4.78, 5) is 35.3. The predicted molar refractivity (Wildman–Crippen MR) is 243 cm³/mol. The molecule has 0 bridgehead atoms. The molecule has 0 aromatic carbocycles. The van der Waals surface area contributed by atoms with Crippen molar-refractivity contribution in [3.63, 3.8) is 0 Å². The molecule has 0 amide bonds. The number of aliphatic hydroxyl groups is 1. The van der Waals surface area contributed by atoms with Crippen molar-refractivity contribution in [3.8, 4) is 0 Å². The first-order chi connectivity index (χ1) is 28.4. The second-order valence-corrected chi connectivity index (χ2v) is 16.3. The molecule has 3 atom stereocenters. The first-order valence-corrected chi connectivity index (χ1v) is 22.9. The van der Waals surface area contributed by atoms with Gasteiger partial charge in [0.2, 0.25) is 0 Å². The Balaban J connectivity index is 4.72. The van der Waals surface area contributed by atoms with Gasteiger partial charge in [-0.3, -0.25) is 18.6 Å². The van der Waals surface area contributed by atoms with E-state index in [2.05, 4.69) is 111 Å². The van der Waals surface area contributed by atoms with Gasteiger partial charge in [-0.1, -0.05) is 135 Å². The zero-order valence-electron chi connectivity index (χ0n) is 36.8. The summed E-state index contributed by atoms with van der Waals surface area (Å²) in [7, 11) is 1.28. The van der Waals surface area contributed by atoms with Gasteiger partial charge in [-0.25, -0.2) is 4.57 Å². The van der Waals surface area contributed by atoms with Gasteiger partial charge in [0.15, 0.2) is 6.10 Å². The summed E-state index contributed by atoms with van der Waals surface area (Å²) in [5.74, 6) is -1.15. The molecule has 0 aliphatic rings. The molecule has 0 spiro atoms. The maximum absolute atomic E-state index is 12.7. The minimum absolute atomic E-state index is 0.0251. The van der Waals surface area contributed by atoms with Crippen molar-refractivity contribution in [2.45, 2.75) is 122 Å². The minimum Gasteiger partial charge on any atom is -0.462 e. The monoisotopic (exact) mass is 843 g/mol. The standard InChI is InChI=1S/C48H76NO9P/c1-6-8-10-12-14-16-18-20-22-24-25-27-29-31-33-35-37-45(50)39-40-48(52)58-46(44-57-59(53,54)56-42-41-49(3,4)5)43-55-47(51)38-36-34-32-30-28-26-23-21-19-17-15-13-11-9-7-2/h8-11,14-17,20-23,25,27-28,30-31,33,35,37,45-46,50H,6-7,12-13,18-19,24,26,29,32,34,36,38-44H2,1-5H3/p+1/b10-8-,11-9-,16-14-,17-15-,22-20-,23-21-,27-25-,30-28-,33-31-,37-35-/t45?,46-/m1/s1. The zero-order chi connectivity index (χ0) is 43.7. The third-order valence-corrected chi connectivity index (χ3v) is 9.09. The Morgan fingerprint density at radius 2 is 1.10 bits per heavy atom. The Bertz CT molecular complexity index is 1430. The predicted octanol–water partition coefficient (Wildman–Crippen LogP) is 11.1. The number of phosphoric ester groups is 1. The second kappa shape index (κ2) is 38.6. The highest BCUT2D eigenvalue weighted by atomic mass is 31.2. The Hall–Kier alpha value is -3.63. The first-order valence-electron chi connectivity index (χ1n) is 21.4. The Morgan fingerprint density at radius 3 is 1.61 bits per heavy atom. The third-order valence-electron chi connectivity index (χ3n) is 8.10. The largest absolute Gasteiger partial charge is 0.472 e. The van der Waals surface area contributed by atoms with Crippen molar-refractivity contribution >= 4 is 19.8 Å². The van der Waals surface area contributed by atoms with Crippen molar-refractivity contribution in [2.24, 2.45) is 0 Å². The van der Waals surface area contributed by atoms with E-state index in [1.54, 1.807) is 12.2 Å². The van der Waals surface area contributed by atoms with Crippen LogP contribution in [-0.2, 0) is 32.7 Å². The van der Waals surface area contributed by atoms with Crippen LogP contribution in [0, 0.1) is 0 Å². The zero-order valence-corrected chi connectivity index (χ0v) is 37.7. The highest BCUT2D eigenvalue weighted by molar-refractivity contribution is 7.47. The fraction of sp³-hybridized carbons (Fsp3) is 0.542. The summed E-state index contributed by atoms with van der Waals surface area (Å²) in [6, 6.07) is 0. The summed E-state index contributed by atoms with van der Waals surface area (Å²) in [5, 5.41) is 10.4. The maximum Gasteiger partial charge on any atom is 0.472 e. The lowest BCUT2D eigenvalue weighted by Gasteiger charge is -2.24. The highest BCUT2D eigenvalue weighted by Crippen LogP contribution is 2.43. The molecule has 2 N–H and O–H groups in total. The van der Waals surface area contributed by atoms with E-state index in [0.717, 1.165) is 70.6 Å². The molecule has 0 radical (unpaired) electrons. The van der Waals surface area contributed by atoms with E-state index in [0.29, 0.717) is 17.4 Å². The number of ether oxygens (including phenoxy) is 2. The van der Waals surface area contributed by atoms with Gasteiger partial charge in [-0.15, -0.1) is 0 Å². The molecule has 0 aliphatic carbocycles. The highest BCUT2D eigenvalue weighted by Gasteiger charge is 2.27. The van der Waals surface area contributed by atoms with Crippen molar-refractivity contribution in [3.05, 3.63) is 122 Å². The van der Waals surface area contributed by atoms with E-state index in [4.69, 9.17) is 18.5 Å². The Kier molecular flexibility index (Phi) is 36.2. The SMILES string of the molecule is CC/C=C\C/C=C\C/C=C\C/C=C\C/C=C\C=C/C(O)CCC(=O)O[C@H](COC(=O)CCCC/C=C\C/C=C\C/C=C\C/C=C\CC)COP(=O)(O)OCC[N+](C)(C)C. The molecule has 0 saturated carbocycles. The van der Waals surface area contributed by atoms with E-state index in [-0.39, 0.29) is 32.5 Å². The summed E-state index contributed by atoms with van der Waals surface area (Å²) in [6.07, 6.45) is 50.2. The van der Waals surface area contributed by atoms with Gasteiger partial charge >= 0.3 is 19.8 Å². The van der Waals surface area contributed by atoms with Crippen LogP contribution in [0.25, 0.3) is 0 Å². The topological polar surface area (TPSA) is 129 Å². The molecular weight excluding hydrogens is 766 g/mol. The molecule has 0 saturated heterocycles. The average molecular weight is 843 g/mol. The van der Waals surface area contributed by atoms with E-state index < -0.39 is 38.6 Å². The average Bonchev–Trinajstić information content (AvgIpc) is 3.18. The number of phosphoric acid groups is 1. The van der Waals surface area contributed by atoms with Gasteiger partial charge in [0.1, 0.15) is 19.8 Å². The van der Waals surface area contributed by atoms with Gasteiger partial charge < -0.3 is 24.0 Å². The summed E-state index contributed by atoms with van der Waals surface area (Å²) < 4.78 is 34.0. The molecule has 0 fully saturated rings. The van der Waals surface area contributed by atoms with Gasteiger partial charge in [-0.2, -0.15) is 0 Å². The fourth-order valence-corrected chi connectivity index (χ4v) is 5.50. The lowest BCUT2D eigenvalue weighted by Crippen LogP contribution is -2.37. The van der Waals surface area contributed by atoms with Crippen molar-refractivity contribution in [1.82, 2.24) is 0 Å². The minimum atomic E-state index is -4.46. The van der Waals surface area contributed by atoms with Crippen LogP contribution < -0.4 is 0 Å². The van der Waals surface area contributed by atoms with Crippen LogP contribution in [0.5, 0.6) is 0 Å². The van der Waals surface area contributed by atoms with Crippen LogP contribution in [0.3, 0.4) is 0 Å². The van der Waals surface area contributed by atoms with Gasteiger partial charge in [0.25, 0.3) is 0 Å². The van der Waals surface area contributed by atoms with E-state index in [9.17, 15) is 24.2 Å². The normalized spacial score (nSPS) is 15.3. The molecule has 59 heavy (non-hydrogen) atoms. The number of carbonyl (C=O) groups excluding carboxylic acids is 2. The number of rotatable bonds is 36. The third kappa shape index (κ3) is 42.3. The summed E-state index contributed by atoms with van der Waals surface area (Å²) in [5.41, 5.74) is 0. The molecular formula is C48H77NO9P+. The summed E-state index contributed by atoms with van der Waals surface area (Å²) in [6.45, 7) is 3.82. The van der Waals surface area contributed by atoms with E-state index >= 15 is 0 Å². The van der Waals surface area contributed by atoms with E-state index in [1.807, 2.05) is 33.3 Å². The molecule has 0 rings (SSSR count). The molecule has 10 nitrogen and oxygen atoms in total.